The van der Waals surface area contributed by atoms with Crippen molar-refractivity contribution in [3.05, 3.63) is 47.7 Å². The highest BCUT2D eigenvalue weighted by Gasteiger charge is 2.15. The monoisotopic (exact) mass is 276 g/mol. The smallest absolute Gasteiger partial charge is 0.291 e. The van der Waals surface area contributed by atoms with Crippen molar-refractivity contribution in [1.29, 1.82) is 0 Å². The van der Waals surface area contributed by atoms with Crippen LogP contribution in [0.15, 0.2) is 34.9 Å². The van der Waals surface area contributed by atoms with Crippen LogP contribution in [0.25, 0.3) is 0 Å². The van der Waals surface area contributed by atoms with E-state index in [0.717, 1.165) is 6.07 Å². The molecule has 20 heavy (non-hydrogen) atoms. The Bertz CT molecular complexity index is 664. The molecule has 0 aliphatic heterocycles. The Kier molecular flexibility index (Phi) is 3.84. The first kappa shape index (κ1) is 13.8. The van der Waals surface area contributed by atoms with E-state index in [-0.39, 0.29) is 17.4 Å². The molecule has 1 aromatic heterocycles. The van der Waals surface area contributed by atoms with Gasteiger partial charge in [0.2, 0.25) is 5.91 Å². The molecule has 0 radical (unpaired) electrons. The zero-order valence-electron chi connectivity index (χ0n) is 11.0. The van der Waals surface area contributed by atoms with Gasteiger partial charge in [0.1, 0.15) is 5.82 Å². The average molecular weight is 276 g/mol. The lowest BCUT2D eigenvalue weighted by Crippen LogP contribution is -2.14. The average Bonchev–Trinajstić information content (AvgIpc) is 2.79. The normalized spacial score (nSPS) is 10.2. The molecule has 1 heterocycles. The lowest BCUT2D eigenvalue weighted by Gasteiger charge is -2.08. The molecule has 104 valence electrons. The molecule has 0 aliphatic carbocycles. The van der Waals surface area contributed by atoms with Gasteiger partial charge in [-0.15, -0.1) is 0 Å². The Balaban J connectivity index is 2.22. The Morgan fingerprint density at radius 3 is 2.55 bits per heavy atom. The summed E-state index contributed by atoms with van der Waals surface area (Å²) in [6.07, 6.45) is 1.38. The number of carbonyl (C=O) groups excluding carboxylic acids is 2. The Hall–Kier alpha value is -2.63. The van der Waals surface area contributed by atoms with Crippen LogP contribution in [0.3, 0.4) is 0 Å². The first-order valence-corrected chi connectivity index (χ1v) is 5.90. The summed E-state index contributed by atoms with van der Waals surface area (Å²) in [5, 5.41) is 4.92. The number of aryl methyl sites for hydroxylation is 1. The van der Waals surface area contributed by atoms with Crippen molar-refractivity contribution < 1.29 is 18.4 Å². The summed E-state index contributed by atoms with van der Waals surface area (Å²) in [6, 6.07) is 5.55. The van der Waals surface area contributed by atoms with E-state index in [1.807, 2.05) is 0 Å². The maximum Gasteiger partial charge on any atom is 0.291 e. The van der Waals surface area contributed by atoms with Crippen LogP contribution in [-0.4, -0.2) is 11.8 Å². The zero-order valence-corrected chi connectivity index (χ0v) is 11.0. The third-order valence-corrected chi connectivity index (χ3v) is 2.60. The van der Waals surface area contributed by atoms with E-state index < -0.39 is 11.7 Å². The molecule has 0 saturated heterocycles. The molecule has 2 rings (SSSR count). The van der Waals surface area contributed by atoms with Gasteiger partial charge in [-0.25, -0.2) is 4.39 Å². The largest absolute Gasteiger partial charge is 0.459 e. The number of carbonyl (C=O) groups is 2. The molecule has 0 unspecified atom stereocenters. The van der Waals surface area contributed by atoms with E-state index in [2.05, 4.69) is 10.6 Å². The van der Waals surface area contributed by atoms with E-state index in [4.69, 9.17) is 4.42 Å². The quantitative estimate of drug-likeness (QED) is 0.905. The minimum absolute atomic E-state index is 0.0305. The van der Waals surface area contributed by atoms with Gasteiger partial charge < -0.3 is 15.1 Å². The number of rotatable bonds is 3. The first-order chi connectivity index (χ1) is 9.47. The van der Waals surface area contributed by atoms with Crippen molar-refractivity contribution in [2.24, 2.45) is 0 Å². The van der Waals surface area contributed by atoms with Gasteiger partial charge in [-0.3, -0.25) is 9.59 Å². The highest BCUT2D eigenvalue weighted by Crippen LogP contribution is 2.21. The van der Waals surface area contributed by atoms with E-state index in [9.17, 15) is 14.0 Å². The first-order valence-electron chi connectivity index (χ1n) is 5.90. The van der Waals surface area contributed by atoms with Gasteiger partial charge in [0.25, 0.3) is 5.91 Å². The van der Waals surface area contributed by atoms with E-state index in [1.54, 1.807) is 13.0 Å². The number of anilines is 2. The number of benzene rings is 1. The van der Waals surface area contributed by atoms with E-state index in [1.165, 1.54) is 25.3 Å². The number of hydrogen-bond donors (Lipinski definition) is 2. The minimum atomic E-state index is -0.600. The summed E-state index contributed by atoms with van der Waals surface area (Å²) in [5.74, 6) is -1.31. The summed E-state index contributed by atoms with van der Waals surface area (Å²) < 4.78 is 18.7. The van der Waals surface area contributed by atoms with Crippen LogP contribution in [0.1, 0.15) is 23.0 Å². The molecule has 0 aliphatic rings. The van der Waals surface area contributed by atoms with Crippen molar-refractivity contribution in [3.8, 4) is 0 Å². The van der Waals surface area contributed by atoms with Gasteiger partial charge in [-0.2, -0.15) is 0 Å². The molecule has 6 heteroatoms. The van der Waals surface area contributed by atoms with Gasteiger partial charge in [-0.05, 0) is 31.2 Å². The zero-order chi connectivity index (χ0) is 14.7. The topological polar surface area (TPSA) is 71.3 Å². The molecule has 2 N–H and O–H groups in total. The molecule has 2 amide bonds. The van der Waals surface area contributed by atoms with Crippen molar-refractivity contribution in [3.63, 3.8) is 0 Å². The number of nitrogens with one attached hydrogen (secondary N) is 2. The van der Waals surface area contributed by atoms with Gasteiger partial charge in [0, 0.05) is 18.2 Å². The molecule has 0 spiro atoms. The summed E-state index contributed by atoms with van der Waals surface area (Å²) in [5.41, 5.74) is 1.02. The Morgan fingerprint density at radius 1 is 1.20 bits per heavy atom. The number of amides is 2. The Labute approximate surface area is 114 Å². The van der Waals surface area contributed by atoms with Gasteiger partial charge in [0.15, 0.2) is 5.76 Å². The third kappa shape index (κ3) is 3.03. The van der Waals surface area contributed by atoms with Gasteiger partial charge in [0.05, 0.1) is 12.0 Å². The van der Waals surface area contributed by atoms with Crippen LogP contribution >= 0.6 is 0 Å². The standard InChI is InChI=1S/C14H13FN2O3/c1-8-5-6-20-13(8)14(19)17-12-7-10(16-9(2)18)3-4-11(12)15/h3-7H,1-2H3,(H,16,18)(H,17,19). The maximum atomic E-state index is 13.7. The number of furan rings is 1. The van der Waals surface area contributed by atoms with Gasteiger partial charge in [-0.1, -0.05) is 0 Å². The molecule has 2 aromatic rings. The second-order valence-corrected chi connectivity index (χ2v) is 4.26. The van der Waals surface area contributed by atoms with Crippen LogP contribution in [0.2, 0.25) is 0 Å². The molecule has 1 aromatic carbocycles. The highest BCUT2D eigenvalue weighted by atomic mass is 19.1. The highest BCUT2D eigenvalue weighted by molar-refractivity contribution is 6.03. The van der Waals surface area contributed by atoms with Crippen LogP contribution < -0.4 is 10.6 Å². The molecule has 0 saturated carbocycles. The number of hydrogen-bond acceptors (Lipinski definition) is 3. The summed E-state index contributed by atoms with van der Waals surface area (Å²) >= 11 is 0. The predicted octanol–water partition coefficient (Wildman–Crippen LogP) is 2.94. The van der Waals surface area contributed by atoms with E-state index in [0.29, 0.717) is 11.3 Å². The number of halogens is 1. The fourth-order valence-electron chi connectivity index (χ4n) is 1.69. The second kappa shape index (κ2) is 5.56. The minimum Gasteiger partial charge on any atom is -0.459 e. The Morgan fingerprint density at radius 2 is 1.95 bits per heavy atom. The molecule has 0 bridgehead atoms. The molecule has 0 fully saturated rings. The molecule has 0 atom stereocenters. The lowest BCUT2D eigenvalue weighted by atomic mass is 10.2. The van der Waals surface area contributed by atoms with E-state index >= 15 is 0 Å². The second-order valence-electron chi connectivity index (χ2n) is 4.26. The summed E-state index contributed by atoms with van der Waals surface area (Å²) in [6.45, 7) is 3.05. The molecule has 5 nitrogen and oxygen atoms in total. The fourth-order valence-corrected chi connectivity index (χ4v) is 1.69. The maximum absolute atomic E-state index is 13.7. The summed E-state index contributed by atoms with van der Waals surface area (Å²) in [4.78, 5) is 22.9. The molecular weight excluding hydrogens is 263 g/mol. The van der Waals surface area contributed by atoms with Crippen LogP contribution in [0.5, 0.6) is 0 Å². The van der Waals surface area contributed by atoms with Crippen LogP contribution in [0.4, 0.5) is 15.8 Å². The summed E-state index contributed by atoms with van der Waals surface area (Å²) in [7, 11) is 0. The SMILES string of the molecule is CC(=O)Nc1ccc(F)c(NC(=O)c2occc2C)c1. The van der Waals surface area contributed by atoms with Crippen LogP contribution in [-0.2, 0) is 4.79 Å². The predicted molar refractivity (Wildman–Crippen MR) is 72.1 cm³/mol. The van der Waals surface area contributed by atoms with Crippen molar-refractivity contribution >= 4 is 23.2 Å². The van der Waals surface area contributed by atoms with Gasteiger partial charge >= 0.3 is 0 Å². The van der Waals surface area contributed by atoms with Crippen molar-refractivity contribution in [2.45, 2.75) is 13.8 Å². The fraction of sp³-hybridized carbons (Fsp3) is 0.143. The third-order valence-electron chi connectivity index (χ3n) is 2.60. The molecular formula is C14H13FN2O3. The lowest BCUT2D eigenvalue weighted by molar-refractivity contribution is -0.114. The van der Waals surface area contributed by atoms with Crippen LogP contribution in [0, 0.1) is 12.7 Å². The van der Waals surface area contributed by atoms with Crippen molar-refractivity contribution in [1.82, 2.24) is 0 Å². The van der Waals surface area contributed by atoms with Crippen molar-refractivity contribution in [2.75, 3.05) is 10.6 Å².